The average Bonchev–Trinajstić information content (AvgIpc) is 3.09. The minimum atomic E-state index is -0.472. The van der Waals surface area contributed by atoms with Crippen LogP contribution in [-0.2, 0) is 16.0 Å². The molecule has 0 aliphatic carbocycles. The van der Waals surface area contributed by atoms with E-state index in [2.05, 4.69) is 20.5 Å². The van der Waals surface area contributed by atoms with Crippen molar-refractivity contribution in [2.75, 3.05) is 11.4 Å². The normalized spacial score (nSPS) is 18.5. The number of hydrogen-bond acceptors (Lipinski definition) is 5. The molecule has 21 heavy (non-hydrogen) atoms. The molecule has 0 saturated carbocycles. The van der Waals surface area contributed by atoms with Crippen LogP contribution in [0.3, 0.4) is 0 Å². The van der Waals surface area contributed by atoms with Gasteiger partial charge < -0.3 is 5.32 Å². The zero-order chi connectivity index (χ0) is 14.7. The number of carbonyl (C=O) groups excluding carboxylic acids is 2. The standard InChI is InChI=1S/C14H15N5O2/c20-13-8-11(15-7-6-12-16-9-17-18-12)14(21)19(13)10-4-2-1-3-5-10/h1-5,9,11,15H,6-8H2,(H,16,17,18). The third kappa shape index (κ3) is 2.82. The van der Waals surface area contributed by atoms with Crippen LogP contribution in [-0.4, -0.2) is 39.6 Å². The summed E-state index contributed by atoms with van der Waals surface area (Å²) in [5.74, 6) is 0.367. The van der Waals surface area contributed by atoms with E-state index in [-0.39, 0.29) is 18.2 Å². The molecular formula is C14H15N5O2. The number of aromatic amines is 1. The fourth-order valence-corrected chi connectivity index (χ4v) is 2.36. The summed E-state index contributed by atoms with van der Waals surface area (Å²) in [7, 11) is 0. The van der Waals surface area contributed by atoms with Crippen molar-refractivity contribution >= 4 is 17.5 Å². The average molecular weight is 285 g/mol. The van der Waals surface area contributed by atoms with Gasteiger partial charge in [0, 0.05) is 13.0 Å². The lowest BCUT2D eigenvalue weighted by Gasteiger charge is -2.15. The van der Waals surface area contributed by atoms with Crippen molar-refractivity contribution in [3.8, 4) is 0 Å². The Bertz CT molecular complexity index is 626. The maximum atomic E-state index is 12.3. The number of nitrogens with zero attached hydrogens (tertiary/aromatic N) is 3. The van der Waals surface area contributed by atoms with Crippen LogP contribution in [0.2, 0.25) is 0 Å². The van der Waals surface area contributed by atoms with E-state index in [1.807, 2.05) is 6.07 Å². The van der Waals surface area contributed by atoms with Crippen molar-refractivity contribution in [3.63, 3.8) is 0 Å². The first-order valence-corrected chi connectivity index (χ1v) is 6.75. The second-order valence-electron chi connectivity index (χ2n) is 4.80. The number of para-hydroxylation sites is 1. The largest absolute Gasteiger partial charge is 0.305 e. The molecule has 1 aliphatic heterocycles. The second kappa shape index (κ2) is 5.84. The van der Waals surface area contributed by atoms with Crippen LogP contribution < -0.4 is 10.2 Å². The van der Waals surface area contributed by atoms with Crippen LogP contribution in [0.25, 0.3) is 0 Å². The van der Waals surface area contributed by atoms with E-state index in [9.17, 15) is 9.59 Å². The lowest BCUT2D eigenvalue weighted by atomic mass is 10.2. The SMILES string of the molecule is O=C1CC(NCCc2ncn[nH]2)C(=O)N1c1ccccc1. The third-order valence-corrected chi connectivity index (χ3v) is 3.38. The molecule has 1 fully saturated rings. The molecule has 2 amide bonds. The summed E-state index contributed by atoms with van der Waals surface area (Å²) in [5, 5.41) is 9.61. The summed E-state index contributed by atoms with van der Waals surface area (Å²) in [6.45, 7) is 0.557. The van der Waals surface area contributed by atoms with Crippen molar-refractivity contribution in [2.24, 2.45) is 0 Å². The minimum absolute atomic E-state index is 0.177. The number of H-pyrrole nitrogens is 1. The molecule has 3 rings (SSSR count). The predicted molar refractivity (Wildman–Crippen MR) is 75.4 cm³/mol. The topological polar surface area (TPSA) is 91.0 Å². The Labute approximate surface area is 121 Å². The van der Waals surface area contributed by atoms with E-state index >= 15 is 0 Å². The lowest BCUT2D eigenvalue weighted by molar-refractivity contribution is -0.121. The van der Waals surface area contributed by atoms with Gasteiger partial charge in [-0.15, -0.1) is 0 Å². The minimum Gasteiger partial charge on any atom is -0.305 e. The van der Waals surface area contributed by atoms with Gasteiger partial charge in [0.2, 0.25) is 5.91 Å². The highest BCUT2D eigenvalue weighted by molar-refractivity contribution is 6.22. The Kier molecular flexibility index (Phi) is 3.74. The summed E-state index contributed by atoms with van der Waals surface area (Å²) in [6.07, 6.45) is 2.25. The monoisotopic (exact) mass is 285 g/mol. The van der Waals surface area contributed by atoms with Gasteiger partial charge in [-0.2, -0.15) is 5.10 Å². The number of imide groups is 1. The molecular weight excluding hydrogens is 270 g/mol. The summed E-state index contributed by atoms with van der Waals surface area (Å²) < 4.78 is 0. The quantitative estimate of drug-likeness (QED) is 0.769. The number of aromatic nitrogens is 3. The first kappa shape index (κ1) is 13.4. The molecule has 108 valence electrons. The zero-order valence-electron chi connectivity index (χ0n) is 11.3. The Balaban J connectivity index is 1.61. The molecule has 1 aromatic carbocycles. The maximum Gasteiger partial charge on any atom is 0.251 e. The van der Waals surface area contributed by atoms with Gasteiger partial charge in [0.25, 0.3) is 5.91 Å². The Morgan fingerprint density at radius 3 is 2.81 bits per heavy atom. The molecule has 7 nitrogen and oxygen atoms in total. The summed E-state index contributed by atoms with van der Waals surface area (Å²) in [5.41, 5.74) is 0.618. The highest BCUT2D eigenvalue weighted by Crippen LogP contribution is 2.22. The van der Waals surface area contributed by atoms with Gasteiger partial charge in [0.15, 0.2) is 0 Å². The van der Waals surface area contributed by atoms with Crippen molar-refractivity contribution in [2.45, 2.75) is 18.9 Å². The Morgan fingerprint density at radius 1 is 1.29 bits per heavy atom. The molecule has 2 N–H and O–H groups in total. The van der Waals surface area contributed by atoms with E-state index in [1.165, 1.54) is 11.2 Å². The van der Waals surface area contributed by atoms with Crippen molar-refractivity contribution < 1.29 is 9.59 Å². The molecule has 1 atom stereocenters. The summed E-state index contributed by atoms with van der Waals surface area (Å²) in [4.78, 5) is 29.6. The van der Waals surface area contributed by atoms with Crippen LogP contribution in [0.15, 0.2) is 36.7 Å². The van der Waals surface area contributed by atoms with Crippen molar-refractivity contribution in [3.05, 3.63) is 42.5 Å². The van der Waals surface area contributed by atoms with Gasteiger partial charge in [-0.1, -0.05) is 18.2 Å². The molecule has 7 heteroatoms. The molecule has 0 bridgehead atoms. The fraction of sp³-hybridized carbons (Fsp3) is 0.286. The molecule has 1 unspecified atom stereocenters. The van der Waals surface area contributed by atoms with E-state index in [4.69, 9.17) is 0 Å². The van der Waals surface area contributed by atoms with Crippen molar-refractivity contribution in [1.29, 1.82) is 0 Å². The zero-order valence-corrected chi connectivity index (χ0v) is 11.3. The Morgan fingerprint density at radius 2 is 2.10 bits per heavy atom. The highest BCUT2D eigenvalue weighted by Gasteiger charge is 2.38. The maximum absolute atomic E-state index is 12.3. The van der Waals surface area contributed by atoms with Gasteiger partial charge >= 0.3 is 0 Å². The smallest absolute Gasteiger partial charge is 0.251 e. The van der Waals surface area contributed by atoms with E-state index in [0.717, 1.165) is 5.82 Å². The lowest BCUT2D eigenvalue weighted by Crippen LogP contribution is -2.39. The van der Waals surface area contributed by atoms with Gasteiger partial charge in [-0.25, -0.2) is 9.88 Å². The molecule has 2 aromatic rings. The van der Waals surface area contributed by atoms with E-state index in [0.29, 0.717) is 18.7 Å². The van der Waals surface area contributed by atoms with Crippen LogP contribution in [0, 0.1) is 0 Å². The van der Waals surface area contributed by atoms with Crippen LogP contribution in [0.5, 0.6) is 0 Å². The first-order valence-electron chi connectivity index (χ1n) is 6.75. The number of hydrogen-bond donors (Lipinski definition) is 2. The van der Waals surface area contributed by atoms with Crippen molar-refractivity contribution in [1.82, 2.24) is 20.5 Å². The predicted octanol–water partition coefficient (Wildman–Crippen LogP) is 0.269. The molecule has 1 saturated heterocycles. The highest BCUT2D eigenvalue weighted by atomic mass is 16.2. The van der Waals surface area contributed by atoms with E-state index < -0.39 is 6.04 Å². The summed E-state index contributed by atoms with van der Waals surface area (Å²) >= 11 is 0. The number of nitrogens with one attached hydrogen (secondary N) is 2. The number of amides is 2. The number of benzene rings is 1. The Hall–Kier alpha value is -2.54. The third-order valence-electron chi connectivity index (χ3n) is 3.38. The first-order chi connectivity index (χ1) is 10.3. The van der Waals surface area contributed by atoms with Gasteiger partial charge in [0.05, 0.1) is 18.2 Å². The summed E-state index contributed by atoms with van der Waals surface area (Å²) in [6, 6.07) is 8.50. The molecule has 1 aromatic heterocycles. The van der Waals surface area contributed by atoms with Gasteiger partial charge in [-0.3, -0.25) is 14.7 Å². The molecule has 0 spiro atoms. The molecule has 2 heterocycles. The van der Waals surface area contributed by atoms with Gasteiger partial charge in [0.1, 0.15) is 12.2 Å². The number of anilines is 1. The van der Waals surface area contributed by atoms with Crippen LogP contribution in [0.1, 0.15) is 12.2 Å². The van der Waals surface area contributed by atoms with Crippen LogP contribution >= 0.6 is 0 Å². The van der Waals surface area contributed by atoms with E-state index in [1.54, 1.807) is 24.3 Å². The molecule has 1 aliphatic rings. The number of rotatable bonds is 5. The molecule has 0 radical (unpaired) electrons. The van der Waals surface area contributed by atoms with Gasteiger partial charge in [-0.05, 0) is 12.1 Å². The number of carbonyl (C=O) groups is 2. The van der Waals surface area contributed by atoms with Crippen LogP contribution in [0.4, 0.5) is 5.69 Å². The second-order valence-corrected chi connectivity index (χ2v) is 4.80. The fourth-order valence-electron chi connectivity index (χ4n) is 2.36.